The Kier molecular flexibility index (Phi) is 10.7. The van der Waals surface area contributed by atoms with Crippen LogP contribution in [0.3, 0.4) is 0 Å². The van der Waals surface area contributed by atoms with E-state index < -0.39 is 20.5 Å². The molecule has 0 saturated carbocycles. The fraction of sp³-hybridized carbons (Fsp3) is 0.423. The molecule has 36 heavy (non-hydrogen) atoms. The van der Waals surface area contributed by atoms with Crippen LogP contribution >= 0.6 is 11.8 Å². The molecule has 1 aliphatic heterocycles. The van der Waals surface area contributed by atoms with Gasteiger partial charge < -0.3 is 5.32 Å². The van der Waals surface area contributed by atoms with Crippen molar-refractivity contribution in [2.45, 2.75) is 59.5 Å². The zero-order valence-corrected chi connectivity index (χ0v) is 23.3. The van der Waals surface area contributed by atoms with E-state index in [-0.39, 0.29) is 22.6 Å². The van der Waals surface area contributed by atoms with Crippen LogP contribution in [-0.2, 0) is 10.0 Å². The number of allylic oxidation sites excluding steroid dienone is 5. The molecule has 0 amide bonds. The van der Waals surface area contributed by atoms with Crippen molar-refractivity contribution in [2.75, 3.05) is 5.75 Å². The molecule has 2 atom stereocenters. The van der Waals surface area contributed by atoms with Crippen molar-refractivity contribution in [1.82, 2.24) is 10.0 Å². The summed E-state index contributed by atoms with van der Waals surface area (Å²) in [6, 6.07) is 6.34. The molecule has 8 nitrogen and oxygen atoms in total. The van der Waals surface area contributed by atoms with E-state index in [0.29, 0.717) is 5.70 Å². The average molecular weight is 533 g/mol. The summed E-state index contributed by atoms with van der Waals surface area (Å²) in [5, 5.41) is 15.0. The van der Waals surface area contributed by atoms with E-state index in [1.54, 1.807) is 63.9 Å². The van der Waals surface area contributed by atoms with E-state index >= 15 is 0 Å². The normalized spacial score (nSPS) is 20.1. The molecule has 1 aromatic carbocycles. The van der Waals surface area contributed by atoms with Gasteiger partial charge in [-0.25, -0.2) is 13.1 Å². The summed E-state index contributed by atoms with van der Waals surface area (Å²) in [7, 11) is -3.65. The van der Waals surface area contributed by atoms with Crippen LogP contribution in [0.2, 0.25) is 0 Å². The van der Waals surface area contributed by atoms with E-state index in [0.717, 1.165) is 22.8 Å². The molecule has 10 heteroatoms. The van der Waals surface area contributed by atoms with Crippen molar-refractivity contribution in [3.05, 3.63) is 87.1 Å². The summed E-state index contributed by atoms with van der Waals surface area (Å²) < 4.78 is 28.3. The summed E-state index contributed by atoms with van der Waals surface area (Å²) in [4.78, 5) is 15.5. The van der Waals surface area contributed by atoms with Gasteiger partial charge in [-0.1, -0.05) is 25.2 Å². The molecule has 0 aromatic heterocycles. The summed E-state index contributed by atoms with van der Waals surface area (Å²) in [5.74, 6) is 0.794. The SMILES string of the molecule is CC/C=C\C=C/NC(=C/C1CSC(c2ccc([N+](=O)[O-])cc2)=N[C@@H]1C)/C=C(\C)S(=O)(=O)NC(C)(C)C. The van der Waals surface area contributed by atoms with Crippen molar-refractivity contribution in [3.63, 3.8) is 0 Å². The van der Waals surface area contributed by atoms with Crippen LogP contribution < -0.4 is 10.0 Å². The maximum absolute atomic E-state index is 12.8. The molecule has 0 radical (unpaired) electrons. The number of nitro benzene ring substituents is 1. The van der Waals surface area contributed by atoms with Crippen LogP contribution in [0.5, 0.6) is 0 Å². The van der Waals surface area contributed by atoms with Crippen LogP contribution in [0, 0.1) is 16.0 Å². The second-order valence-electron chi connectivity index (χ2n) is 9.53. The first-order chi connectivity index (χ1) is 16.8. The van der Waals surface area contributed by atoms with E-state index in [9.17, 15) is 18.5 Å². The molecule has 0 aliphatic carbocycles. The smallest absolute Gasteiger partial charge is 0.269 e. The maximum Gasteiger partial charge on any atom is 0.269 e. The molecule has 0 fully saturated rings. The number of aliphatic imine (C=N–C) groups is 1. The third-order valence-electron chi connectivity index (χ3n) is 5.12. The Balaban J connectivity index is 2.31. The average Bonchev–Trinajstić information content (AvgIpc) is 2.78. The standard InChI is InChI=1S/C26H36N4O4S2/c1-7-8-9-10-15-27-23(16-19(2)36(33,34)29-26(4,5)6)17-22-18-35-25(28-20(22)3)21-11-13-24(14-12-21)30(31)32/h8-17,20,22,27,29H,7,18H2,1-6H3/b9-8-,15-10-,19-16+,23-17+/t20-,22?/m1/s1. The lowest BCUT2D eigenvalue weighted by atomic mass is 10.0. The second kappa shape index (κ2) is 13.0. The topological polar surface area (TPSA) is 114 Å². The minimum absolute atomic E-state index is 0.0460. The van der Waals surface area contributed by atoms with E-state index in [1.807, 2.05) is 31.2 Å². The molecular weight excluding hydrogens is 496 g/mol. The highest BCUT2D eigenvalue weighted by atomic mass is 32.2. The summed E-state index contributed by atoms with van der Waals surface area (Å²) >= 11 is 1.58. The molecule has 1 aliphatic rings. The number of rotatable bonds is 10. The monoisotopic (exact) mass is 532 g/mol. The van der Waals surface area contributed by atoms with Crippen LogP contribution in [-0.4, -0.2) is 35.7 Å². The molecule has 2 N–H and O–H groups in total. The van der Waals surface area contributed by atoms with Crippen LogP contribution in [0.15, 0.2) is 76.4 Å². The number of hydrogen-bond donors (Lipinski definition) is 2. The third kappa shape index (κ3) is 9.40. The third-order valence-corrected chi connectivity index (χ3v) is 8.14. The van der Waals surface area contributed by atoms with Gasteiger partial charge in [0, 0.05) is 46.8 Å². The zero-order chi connectivity index (χ0) is 26.9. The van der Waals surface area contributed by atoms with Gasteiger partial charge in [0.15, 0.2) is 0 Å². The Morgan fingerprint density at radius 1 is 1.25 bits per heavy atom. The van der Waals surface area contributed by atoms with Gasteiger partial charge in [0.25, 0.3) is 5.69 Å². The Morgan fingerprint density at radius 3 is 2.47 bits per heavy atom. The predicted molar refractivity (Wildman–Crippen MR) is 150 cm³/mol. The molecule has 0 saturated heterocycles. The van der Waals surface area contributed by atoms with Crippen LogP contribution in [0.4, 0.5) is 5.69 Å². The Bertz CT molecular complexity index is 1180. The molecule has 2 rings (SSSR count). The van der Waals surface area contributed by atoms with Gasteiger partial charge in [0.2, 0.25) is 10.0 Å². The second-order valence-corrected chi connectivity index (χ2v) is 12.4. The van der Waals surface area contributed by atoms with Gasteiger partial charge in [-0.05, 0) is 65.3 Å². The number of hydrogen-bond acceptors (Lipinski definition) is 7. The van der Waals surface area contributed by atoms with Crippen LogP contribution in [0.1, 0.15) is 53.5 Å². The molecule has 0 spiro atoms. The van der Waals surface area contributed by atoms with Gasteiger partial charge in [-0.15, -0.1) is 11.8 Å². The molecular formula is C26H36N4O4S2. The Labute approximate surface area is 218 Å². The first-order valence-corrected chi connectivity index (χ1v) is 14.3. The van der Waals surface area contributed by atoms with Gasteiger partial charge in [-0.2, -0.15) is 0 Å². The molecule has 0 bridgehead atoms. The molecule has 1 unspecified atom stereocenters. The maximum atomic E-state index is 12.8. The lowest BCUT2D eigenvalue weighted by Gasteiger charge is -2.25. The van der Waals surface area contributed by atoms with Gasteiger partial charge in [0.05, 0.1) is 20.9 Å². The number of nitrogens with zero attached hydrogens (tertiary/aromatic N) is 2. The van der Waals surface area contributed by atoms with Gasteiger partial charge >= 0.3 is 0 Å². The van der Waals surface area contributed by atoms with Crippen molar-refractivity contribution in [3.8, 4) is 0 Å². The van der Waals surface area contributed by atoms with E-state index in [2.05, 4.69) is 17.0 Å². The Hall–Kier alpha value is -2.69. The first-order valence-electron chi connectivity index (χ1n) is 11.8. The van der Waals surface area contributed by atoms with Crippen molar-refractivity contribution < 1.29 is 13.3 Å². The number of nitrogens with one attached hydrogen (secondary N) is 2. The minimum Gasteiger partial charge on any atom is -0.362 e. The number of nitro groups is 1. The van der Waals surface area contributed by atoms with E-state index in [4.69, 9.17) is 4.99 Å². The number of benzene rings is 1. The van der Waals surface area contributed by atoms with Crippen molar-refractivity contribution in [1.29, 1.82) is 0 Å². The number of sulfonamides is 1. The fourth-order valence-corrected chi connectivity index (χ4v) is 5.78. The zero-order valence-electron chi connectivity index (χ0n) is 21.7. The lowest BCUT2D eigenvalue weighted by molar-refractivity contribution is -0.384. The predicted octanol–water partition coefficient (Wildman–Crippen LogP) is 5.67. The molecule has 1 aromatic rings. The highest BCUT2D eigenvalue weighted by molar-refractivity contribution is 8.14. The van der Waals surface area contributed by atoms with E-state index in [1.165, 1.54) is 12.1 Å². The summed E-state index contributed by atoms with van der Waals surface area (Å²) in [6.45, 7) is 11.0. The summed E-state index contributed by atoms with van der Waals surface area (Å²) in [5.41, 5.74) is 0.969. The van der Waals surface area contributed by atoms with Crippen molar-refractivity contribution >= 4 is 32.5 Å². The highest BCUT2D eigenvalue weighted by Gasteiger charge is 2.25. The van der Waals surface area contributed by atoms with Gasteiger partial charge in [-0.3, -0.25) is 15.1 Å². The number of thioether (sulfide) groups is 1. The quantitative estimate of drug-likeness (QED) is 0.228. The Morgan fingerprint density at radius 2 is 1.92 bits per heavy atom. The first kappa shape index (κ1) is 29.5. The molecule has 1 heterocycles. The lowest BCUT2D eigenvalue weighted by Crippen LogP contribution is -2.40. The molecule has 196 valence electrons. The summed E-state index contributed by atoms with van der Waals surface area (Å²) in [6.07, 6.45) is 12.2. The fourth-order valence-electron chi connectivity index (χ4n) is 3.27. The van der Waals surface area contributed by atoms with Crippen LogP contribution in [0.25, 0.3) is 0 Å². The van der Waals surface area contributed by atoms with Crippen molar-refractivity contribution in [2.24, 2.45) is 10.9 Å². The largest absolute Gasteiger partial charge is 0.362 e. The number of non-ortho nitro benzene ring substituents is 1. The highest BCUT2D eigenvalue weighted by Crippen LogP contribution is 2.29. The van der Waals surface area contributed by atoms with Gasteiger partial charge in [0.1, 0.15) is 0 Å². The minimum atomic E-state index is -3.65.